The van der Waals surface area contributed by atoms with Crippen LogP contribution in [0.5, 0.6) is 0 Å². The van der Waals surface area contributed by atoms with Gasteiger partial charge >= 0.3 is 0 Å². The van der Waals surface area contributed by atoms with Crippen molar-refractivity contribution in [2.24, 2.45) is 0 Å². The van der Waals surface area contributed by atoms with Gasteiger partial charge in [-0.1, -0.05) is 62.4 Å². The molecule has 0 aromatic heterocycles. The molecule has 1 N–H and O–H groups in total. The summed E-state index contributed by atoms with van der Waals surface area (Å²) in [5, 5.41) is 3.78. The fraction of sp³-hybridized carbons (Fsp3) is 0.400. The largest absolute Gasteiger partial charge is 0.303 e. The number of nitrogens with one attached hydrogen (secondary N) is 1. The predicted molar refractivity (Wildman–Crippen MR) is 91.6 cm³/mol. The molecule has 112 valence electrons. The lowest BCUT2D eigenvalue weighted by molar-refractivity contribution is 0.455. The Morgan fingerprint density at radius 3 is 2.19 bits per heavy atom. The second-order valence-electron chi connectivity index (χ2n) is 5.80. The lowest BCUT2D eigenvalue weighted by Gasteiger charge is -2.24. The summed E-state index contributed by atoms with van der Waals surface area (Å²) in [5.74, 6) is 0. The van der Waals surface area contributed by atoms with Gasteiger partial charge in [0.05, 0.1) is 0 Å². The third kappa shape index (κ3) is 3.95. The summed E-state index contributed by atoms with van der Waals surface area (Å²) >= 11 is 0. The highest BCUT2D eigenvalue weighted by atomic mass is 14.9. The van der Waals surface area contributed by atoms with Crippen LogP contribution in [-0.2, 0) is 6.42 Å². The molecule has 0 fully saturated rings. The molecular formula is C20H27N. The van der Waals surface area contributed by atoms with Crippen molar-refractivity contribution in [2.75, 3.05) is 0 Å². The van der Waals surface area contributed by atoms with Crippen LogP contribution in [0, 0.1) is 6.92 Å². The maximum atomic E-state index is 3.78. The first kappa shape index (κ1) is 15.8. The van der Waals surface area contributed by atoms with Crippen molar-refractivity contribution in [3.8, 4) is 0 Å². The van der Waals surface area contributed by atoms with Gasteiger partial charge in [0.15, 0.2) is 0 Å². The highest BCUT2D eigenvalue weighted by molar-refractivity contribution is 5.29. The molecule has 0 spiro atoms. The Hall–Kier alpha value is -1.60. The van der Waals surface area contributed by atoms with E-state index < -0.39 is 0 Å². The summed E-state index contributed by atoms with van der Waals surface area (Å²) < 4.78 is 0. The van der Waals surface area contributed by atoms with Gasteiger partial charge in [-0.05, 0) is 48.9 Å². The standard InChI is InChI=1S/C20H27N/c1-5-17-11-13-18(14-12-17)20(6-2)21-16(4)19-10-8-7-9-15(19)3/h7-14,16,20-21H,5-6H2,1-4H3. The number of benzene rings is 2. The van der Waals surface area contributed by atoms with Crippen LogP contribution in [0.2, 0.25) is 0 Å². The average molecular weight is 281 g/mol. The van der Waals surface area contributed by atoms with Crippen molar-refractivity contribution in [3.63, 3.8) is 0 Å². The van der Waals surface area contributed by atoms with Gasteiger partial charge in [-0.15, -0.1) is 0 Å². The summed E-state index contributed by atoms with van der Waals surface area (Å²) in [7, 11) is 0. The van der Waals surface area contributed by atoms with Crippen LogP contribution in [0.3, 0.4) is 0 Å². The Labute approximate surface area is 129 Å². The molecule has 2 aromatic rings. The van der Waals surface area contributed by atoms with Gasteiger partial charge in [0, 0.05) is 12.1 Å². The Balaban J connectivity index is 2.13. The molecule has 2 aromatic carbocycles. The smallest absolute Gasteiger partial charge is 0.0323 e. The molecule has 0 bridgehead atoms. The van der Waals surface area contributed by atoms with Crippen LogP contribution in [0.4, 0.5) is 0 Å². The fourth-order valence-electron chi connectivity index (χ4n) is 2.90. The molecule has 0 aliphatic rings. The van der Waals surface area contributed by atoms with Gasteiger partial charge in [-0.3, -0.25) is 0 Å². The SMILES string of the molecule is CCc1ccc(C(CC)NC(C)c2ccccc2C)cc1. The van der Waals surface area contributed by atoms with Gasteiger partial charge < -0.3 is 5.32 Å². The van der Waals surface area contributed by atoms with Crippen molar-refractivity contribution in [1.82, 2.24) is 5.32 Å². The molecule has 0 saturated heterocycles. The number of hydrogen-bond donors (Lipinski definition) is 1. The first-order valence-corrected chi connectivity index (χ1v) is 8.06. The topological polar surface area (TPSA) is 12.0 Å². The summed E-state index contributed by atoms with van der Waals surface area (Å²) in [5.41, 5.74) is 5.53. The maximum Gasteiger partial charge on any atom is 0.0323 e. The molecule has 2 atom stereocenters. The normalized spacial score (nSPS) is 13.9. The van der Waals surface area contributed by atoms with E-state index in [2.05, 4.69) is 81.5 Å². The molecule has 2 unspecified atom stereocenters. The molecule has 0 saturated carbocycles. The van der Waals surface area contributed by atoms with Gasteiger partial charge in [-0.2, -0.15) is 0 Å². The Bertz CT molecular complexity index is 556. The molecule has 0 aliphatic heterocycles. The van der Waals surface area contributed by atoms with E-state index in [1.165, 1.54) is 22.3 Å². The molecule has 1 nitrogen and oxygen atoms in total. The Kier molecular flexibility index (Phi) is 5.58. The quantitative estimate of drug-likeness (QED) is 0.751. The minimum absolute atomic E-state index is 0.363. The van der Waals surface area contributed by atoms with E-state index in [1.807, 2.05) is 0 Å². The van der Waals surface area contributed by atoms with Gasteiger partial charge in [0.25, 0.3) is 0 Å². The molecule has 0 amide bonds. The molecule has 0 heterocycles. The Morgan fingerprint density at radius 1 is 0.952 bits per heavy atom. The first-order chi connectivity index (χ1) is 10.2. The third-order valence-electron chi connectivity index (χ3n) is 4.30. The van der Waals surface area contributed by atoms with E-state index in [-0.39, 0.29) is 0 Å². The lowest BCUT2D eigenvalue weighted by atomic mass is 9.98. The third-order valence-corrected chi connectivity index (χ3v) is 4.30. The van der Waals surface area contributed by atoms with Crippen LogP contribution < -0.4 is 5.32 Å². The van der Waals surface area contributed by atoms with E-state index in [1.54, 1.807) is 0 Å². The second kappa shape index (κ2) is 7.42. The fourth-order valence-corrected chi connectivity index (χ4v) is 2.90. The molecular weight excluding hydrogens is 254 g/mol. The predicted octanol–water partition coefficient (Wildman–Crippen LogP) is 5.36. The van der Waals surface area contributed by atoms with Crippen LogP contribution >= 0.6 is 0 Å². The molecule has 1 heteroatoms. The zero-order valence-corrected chi connectivity index (χ0v) is 13.7. The van der Waals surface area contributed by atoms with Crippen molar-refractivity contribution < 1.29 is 0 Å². The molecule has 21 heavy (non-hydrogen) atoms. The van der Waals surface area contributed by atoms with Crippen molar-refractivity contribution in [3.05, 3.63) is 70.8 Å². The lowest BCUT2D eigenvalue weighted by Crippen LogP contribution is -2.24. The van der Waals surface area contributed by atoms with E-state index in [0.717, 1.165) is 12.8 Å². The zero-order valence-electron chi connectivity index (χ0n) is 13.7. The summed E-state index contributed by atoms with van der Waals surface area (Å²) in [6, 6.07) is 18.4. The monoisotopic (exact) mass is 281 g/mol. The van der Waals surface area contributed by atoms with Gasteiger partial charge in [-0.25, -0.2) is 0 Å². The maximum absolute atomic E-state index is 3.78. The molecule has 0 radical (unpaired) electrons. The average Bonchev–Trinajstić information content (AvgIpc) is 2.53. The van der Waals surface area contributed by atoms with Crippen molar-refractivity contribution in [1.29, 1.82) is 0 Å². The molecule has 2 rings (SSSR count). The van der Waals surface area contributed by atoms with Crippen LogP contribution in [0.15, 0.2) is 48.5 Å². The van der Waals surface area contributed by atoms with Gasteiger partial charge in [0.2, 0.25) is 0 Å². The van der Waals surface area contributed by atoms with Gasteiger partial charge in [0.1, 0.15) is 0 Å². The number of aryl methyl sites for hydroxylation is 2. The Morgan fingerprint density at radius 2 is 1.62 bits per heavy atom. The minimum Gasteiger partial charge on any atom is -0.303 e. The zero-order chi connectivity index (χ0) is 15.2. The highest BCUT2D eigenvalue weighted by Crippen LogP contribution is 2.24. The van der Waals surface area contributed by atoms with Crippen molar-refractivity contribution >= 4 is 0 Å². The number of rotatable bonds is 6. The second-order valence-corrected chi connectivity index (χ2v) is 5.80. The van der Waals surface area contributed by atoms with E-state index in [0.29, 0.717) is 12.1 Å². The van der Waals surface area contributed by atoms with E-state index in [4.69, 9.17) is 0 Å². The summed E-state index contributed by atoms with van der Waals surface area (Å²) in [4.78, 5) is 0. The number of hydrogen-bond acceptors (Lipinski definition) is 1. The van der Waals surface area contributed by atoms with Crippen molar-refractivity contribution in [2.45, 2.75) is 52.6 Å². The first-order valence-electron chi connectivity index (χ1n) is 8.06. The van der Waals surface area contributed by atoms with E-state index in [9.17, 15) is 0 Å². The van der Waals surface area contributed by atoms with E-state index >= 15 is 0 Å². The summed E-state index contributed by atoms with van der Waals surface area (Å²) in [6.07, 6.45) is 2.20. The van der Waals surface area contributed by atoms with Crippen LogP contribution in [-0.4, -0.2) is 0 Å². The van der Waals surface area contributed by atoms with Crippen LogP contribution in [0.1, 0.15) is 61.5 Å². The van der Waals surface area contributed by atoms with Crippen LogP contribution in [0.25, 0.3) is 0 Å². The molecule has 0 aliphatic carbocycles. The highest BCUT2D eigenvalue weighted by Gasteiger charge is 2.14. The summed E-state index contributed by atoms with van der Waals surface area (Å²) in [6.45, 7) is 8.89. The minimum atomic E-state index is 0.363.